The summed E-state index contributed by atoms with van der Waals surface area (Å²) in [6.07, 6.45) is -0.155. The van der Waals surface area contributed by atoms with Gasteiger partial charge in [-0.3, -0.25) is 9.59 Å². The van der Waals surface area contributed by atoms with Gasteiger partial charge in [0, 0.05) is 6.07 Å². The Morgan fingerprint density at radius 3 is 2.38 bits per heavy atom. The van der Waals surface area contributed by atoms with Crippen molar-refractivity contribution in [2.45, 2.75) is 12.5 Å². The number of amides is 1. The Morgan fingerprint density at radius 2 is 1.94 bits per heavy atom. The third kappa shape index (κ3) is 3.30. The quantitative estimate of drug-likeness (QED) is 0.746. The molecule has 0 bridgehead atoms. The van der Waals surface area contributed by atoms with Gasteiger partial charge in [0.2, 0.25) is 6.41 Å². The standard InChI is InChI=1S/C10H9F2NO3/c11-7-1-6(2-8(12)3-7)9(13-5-14)4-10(15)16/h1-3,5,9H,4H2,(H,13,14)(H,15,16). The summed E-state index contributed by atoms with van der Waals surface area (Å²) >= 11 is 0. The molecule has 0 spiro atoms. The monoisotopic (exact) mass is 229 g/mol. The largest absolute Gasteiger partial charge is 0.481 e. The molecule has 0 aliphatic carbocycles. The number of benzene rings is 1. The van der Waals surface area contributed by atoms with E-state index in [1.807, 2.05) is 0 Å². The lowest BCUT2D eigenvalue weighted by atomic mass is 10.0. The molecular formula is C10H9F2NO3. The summed E-state index contributed by atoms with van der Waals surface area (Å²) in [6.45, 7) is 0. The second-order valence-electron chi connectivity index (χ2n) is 3.14. The average molecular weight is 229 g/mol. The van der Waals surface area contributed by atoms with E-state index < -0.39 is 30.1 Å². The van der Waals surface area contributed by atoms with Crippen molar-refractivity contribution >= 4 is 12.4 Å². The van der Waals surface area contributed by atoms with Crippen molar-refractivity contribution in [1.29, 1.82) is 0 Å². The maximum Gasteiger partial charge on any atom is 0.305 e. The van der Waals surface area contributed by atoms with E-state index in [-0.39, 0.29) is 12.0 Å². The fraction of sp³-hybridized carbons (Fsp3) is 0.200. The molecule has 6 heteroatoms. The summed E-state index contributed by atoms with van der Waals surface area (Å²) in [6, 6.07) is 1.68. The van der Waals surface area contributed by atoms with Crippen molar-refractivity contribution in [2.24, 2.45) is 0 Å². The third-order valence-electron chi connectivity index (χ3n) is 1.94. The minimum atomic E-state index is -1.18. The third-order valence-corrected chi connectivity index (χ3v) is 1.94. The maximum atomic E-state index is 12.9. The molecule has 0 heterocycles. The van der Waals surface area contributed by atoms with Crippen molar-refractivity contribution in [3.05, 3.63) is 35.4 Å². The lowest BCUT2D eigenvalue weighted by Gasteiger charge is -2.14. The van der Waals surface area contributed by atoms with Crippen LogP contribution in [0.25, 0.3) is 0 Å². The number of nitrogens with one attached hydrogen (secondary N) is 1. The first kappa shape index (κ1) is 12.1. The Labute approximate surface area is 89.9 Å². The van der Waals surface area contributed by atoms with Crippen LogP contribution >= 0.6 is 0 Å². The van der Waals surface area contributed by atoms with Gasteiger partial charge >= 0.3 is 5.97 Å². The molecule has 0 saturated carbocycles. The van der Waals surface area contributed by atoms with Gasteiger partial charge in [-0.25, -0.2) is 8.78 Å². The summed E-state index contributed by atoms with van der Waals surface area (Å²) in [5.41, 5.74) is 0.0759. The zero-order valence-electron chi connectivity index (χ0n) is 8.11. The van der Waals surface area contributed by atoms with Gasteiger partial charge in [-0.1, -0.05) is 0 Å². The van der Waals surface area contributed by atoms with Gasteiger partial charge in [0.1, 0.15) is 11.6 Å². The Kier molecular flexibility index (Phi) is 3.93. The van der Waals surface area contributed by atoms with Crippen LogP contribution in [0.4, 0.5) is 8.78 Å². The fourth-order valence-electron chi connectivity index (χ4n) is 1.31. The van der Waals surface area contributed by atoms with Gasteiger partial charge in [0.25, 0.3) is 0 Å². The first-order valence-electron chi connectivity index (χ1n) is 4.40. The Morgan fingerprint density at radius 1 is 1.38 bits per heavy atom. The number of halogens is 2. The molecule has 1 unspecified atom stereocenters. The highest BCUT2D eigenvalue weighted by Crippen LogP contribution is 2.18. The zero-order chi connectivity index (χ0) is 12.1. The van der Waals surface area contributed by atoms with Crippen molar-refractivity contribution in [3.8, 4) is 0 Å². The van der Waals surface area contributed by atoms with Crippen LogP contribution in [-0.4, -0.2) is 17.5 Å². The number of hydrogen-bond acceptors (Lipinski definition) is 2. The SMILES string of the molecule is O=CNC(CC(=O)O)c1cc(F)cc(F)c1. The fourth-order valence-corrected chi connectivity index (χ4v) is 1.31. The molecule has 1 amide bonds. The van der Waals surface area contributed by atoms with Crippen LogP contribution in [0.3, 0.4) is 0 Å². The molecule has 0 radical (unpaired) electrons. The number of hydrogen-bond donors (Lipinski definition) is 2. The van der Waals surface area contributed by atoms with Gasteiger partial charge in [-0.2, -0.15) is 0 Å². The molecule has 1 aromatic rings. The maximum absolute atomic E-state index is 12.9. The molecule has 0 aliphatic heterocycles. The van der Waals surface area contributed by atoms with Gasteiger partial charge in [0.15, 0.2) is 0 Å². The predicted octanol–water partition coefficient (Wildman–Crippen LogP) is 1.23. The molecule has 0 aliphatic rings. The average Bonchev–Trinajstić information content (AvgIpc) is 2.14. The lowest BCUT2D eigenvalue weighted by Crippen LogP contribution is -2.22. The molecule has 1 aromatic carbocycles. The van der Waals surface area contributed by atoms with E-state index in [0.717, 1.165) is 12.1 Å². The molecule has 1 atom stereocenters. The Hall–Kier alpha value is -1.98. The summed E-state index contributed by atoms with van der Waals surface area (Å²) < 4.78 is 25.7. The minimum absolute atomic E-state index is 0.0759. The molecule has 86 valence electrons. The van der Waals surface area contributed by atoms with E-state index in [1.165, 1.54) is 0 Å². The number of carboxylic acid groups (broad SMARTS) is 1. The van der Waals surface area contributed by atoms with Gasteiger partial charge in [-0.05, 0) is 17.7 Å². The van der Waals surface area contributed by atoms with Gasteiger partial charge in [-0.15, -0.1) is 0 Å². The van der Waals surface area contributed by atoms with E-state index >= 15 is 0 Å². The Balaban J connectivity index is 2.99. The highest BCUT2D eigenvalue weighted by Gasteiger charge is 2.16. The number of rotatable bonds is 5. The van der Waals surface area contributed by atoms with E-state index in [1.54, 1.807) is 0 Å². The number of carboxylic acids is 1. The first-order chi connectivity index (χ1) is 7.52. The van der Waals surface area contributed by atoms with Gasteiger partial charge in [0.05, 0.1) is 12.5 Å². The zero-order valence-corrected chi connectivity index (χ0v) is 8.11. The molecule has 0 fully saturated rings. The van der Waals surface area contributed by atoms with Crippen LogP contribution in [0.5, 0.6) is 0 Å². The van der Waals surface area contributed by atoms with Crippen LogP contribution in [0, 0.1) is 11.6 Å². The highest BCUT2D eigenvalue weighted by molar-refractivity contribution is 5.68. The molecule has 16 heavy (non-hydrogen) atoms. The van der Waals surface area contributed by atoms with E-state index in [4.69, 9.17) is 5.11 Å². The summed E-state index contributed by atoms with van der Waals surface area (Å²) in [5.74, 6) is -2.82. The van der Waals surface area contributed by atoms with Crippen LogP contribution in [0.2, 0.25) is 0 Å². The minimum Gasteiger partial charge on any atom is -0.481 e. The summed E-state index contributed by atoms with van der Waals surface area (Å²) in [4.78, 5) is 20.7. The molecular weight excluding hydrogens is 220 g/mol. The Bertz CT molecular complexity index is 389. The molecule has 0 saturated heterocycles. The lowest BCUT2D eigenvalue weighted by molar-refractivity contribution is -0.137. The smallest absolute Gasteiger partial charge is 0.305 e. The van der Waals surface area contributed by atoms with Crippen LogP contribution < -0.4 is 5.32 Å². The summed E-state index contributed by atoms with van der Waals surface area (Å²) in [5, 5.41) is 10.8. The van der Waals surface area contributed by atoms with E-state index in [2.05, 4.69) is 5.32 Å². The summed E-state index contributed by atoms with van der Waals surface area (Å²) in [7, 11) is 0. The molecule has 0 aromatic heterocycles. The van der Waals surface area contributed by atoms with Crippen molar-refractivity contribution in [3.63, 3.8) is 0 Å². The van der Waals surface area contributed by atoms with Gasteiger partial charge < -0.3 is 10.4 Å². The number of carbonyl (C=O) groups is 2. The van der Waals surface area contributed by atoms with E-state index in [9.17, 15) is 18.4 Å². The second kappa shape index (κ2) is 5.20. The van der Waals surface area contributed by atoms with Crippen molar-refractivity contribution < 1.29 is 23.5 Å². The second-order valence-corrected chi connectivity index (χ2v) is 3.14. The topological polar surface area (TPSA) is 66.4 Å². The van der Waals surface area contributed by atoms with E-state index in [0.29, 0.717) is 6.07 Å². The van der Waals surface area contributed by atoms with Crippen LogP contribution in [0.1, 0.15) is 18.0 Å². The number of aliphatic carboxylic acids is 1. The van der Waals surface area contributed by atoms with Crippen LogP contribution in [0.15, 0.2) is 18.2 Å². The van der Waals surface area contributed by atoms with Crippen LogP contribution in [-0.2, 0) is 9.59 Å². The molecule has 2 N–H and O–H groups in total. The first-order valence-corrected chi connectivity index (χ1v) is 4.40. The number of carbonyl (C=O) groups excluding carboxylic acids is 1. The van der Waals surface area contributed by atoms with Crippen molar-refractivity contribution in [2.75, 3.05) is 0 Å². The predicted molar refractivity (Wildman–Crippen MR) is 50.6 cm³/mol. The van der Waals surface area contributed by atoms with Crippen molar-refractivity contribution in [1.82, 2.24) is 5.32 Å². The molecule has 1 rings (SSSR count). The normalized spacial score (nSPS) is 11.9. The highest BCUT2D eigenvalue weighted by atomic mass is 19.1. The molecule has 4 nitrogen and oxygen atoms in total.